The molecule has 0 spiro atoms. The number of rotatable bonds is 3. The average molecular weight is 303 g/mol. The largest absolute Gasteiger partial charge is 0.337 e. The number of likely N-dealkylation sites (tertiary alicyclic amines) is 1. The second-order valence-corrected chi connectivity index (χ2v) is 6.78. The van der Waals surface area contributed by atoms with E-state index in [1.54, 1.807) is 12.1 Å². The maximum Gasteiger partial charge on any atom is 0.276 e. The van der Waals surface area contributed by atoms with Crippen LogP contribution in [0.3, 0.4) is 0 Å². The third-order valence-corrected chi connectivity index (χ3v) is 4.60. The predicted molar refractivity (Wildman–Crippen MR) is 75.1 cm³/mol. The molecule has 2 N–H and O–H groups in total. The molecule has 104 valence electrons. The van der Waals surface area contributed by atoms with Crippen LogP contribution in [0.2, 0.25) is 5.02 Å². The van der Waals surface area contributed by atoms with Crippen LogP contribution in [0.25, 0.3) is 0 Å². The van der Waals surface area contributed by atoms with Gasteiger partial charge in [0.2, 0.25) is 0 Å². The molecule has 1 aliphatic rings. The summed E-state index contributed by atoms with van der Waals surface area (Å²) in [6, 6.07) is 6.01. The summed E-state index contributed by atoms with van der Waals surface area (Å²) in [5.74, 6) is 0. The molecule has 1 aliphatic heterocycles. The van der Waals surface area contributed by atoms with Gasteiger partial charge in [-0.05, 0) is 24.3 Å². The fourth-order valence-electron chi connectivity index (χ4n) is 1.87. The van der Waals surface area contributed by atoms with Crippen molar-refractivity contribution in [3.63, 3.8) is 0 Å². The summed E-state index contributed by atoms with van der Waals surface area (Å²) in [6.45, 7) is 1.98. The van der Waals surface area contributed by atoms with E-state index in [2.05, 4.69) is 17.0 Å². The molecule has 0 radical (unpaired) electrons. The number of hydrogen-bond acceptors (Lipinski definition) is 3. The fraction of sp³-hybridized carbons (Fsp3) is 0.417. The van der Waals surface area contributed by atoms with Crippen LogP contribution >= 0.6 is 11.6 Å². The summed E-state index contributed by atoms with van der Waals surface area (Å²) in [5, 5.41) is 4.52. The van der Waals surface area contributed by atoms with E-state index < -0.39 is 10.0 Å². The number of piperidine rings is 1. The van der Waals surface area contributed by atoms with Gasteiger partial charge in [0.15, 0.2) is 0 Å². The average Bonchev–Trinajstić information content (AvgIpc) is 2.39. The van der Waals surface area contributed by atoms with E-state index in [0.717, 1.165) is 31.6 Å². The molecular weight excluding hydrogens is 286 g/mol. The highest BCUT2D eigenvalue weighted by molar-refractivity contribution is 7.89. The van der Waals surface area contributed by atoms with Gasteiger partial charge in [-0.3, -0.25) is 0 Å². The Hall–Kier alpha value is -1.11. The molecule has 0 amide bonds. The molecule has 1 heterocycles. The van der Waals surface area contributed by atoms with Crippen LogP contribution in [0.15, 0.2) is 34.3 Å². The van der Waals surface area contributed by atoms with E-state index in [0.29, 0.717) is 5.02 Å². The summed E-state index contributed by atoms with van der Waals surface area (Å²) in [4.78, 5) is 3.90. The van der Waals surface area contributed by atoms with Crippen LogP contribution in [0.1, 0.15) is 12.8 Å². The lowest BCUT2D eigenvalue weighted by atomic mass is 10.1. The molecule has 1 saturated heterocycles. The van der Waals surface area contributed by atoms with Gasteiger partial charge < -0.3 is 4.90 Å². The number of halogens is 1. The van der Waals surface area contributed by atoms with Crippen LogP contribution in [-0.2, 0) is 10.0 Å². The van der Waals surface area contributed by atoms with Crippen molar-refractivity contribution in [2.45, 2.75) is 17.7 Å². The minimum Gasteiger partial charge on any atom is -0.337 e. The van der Waals surface area contributed by atoms with Crippen molar-refractivity contribution in [2.75, 3.05) is 20.1 Å². The molecule has 0 bridgehead atoms. The molecule has 5 nitrogen and oxygen atoms in total. The van der Waals surface area contributed by atoms with E-state index in [1.165, 1.54) is 17.0 Å². The van der Waals surface area contributed by atoms with Gasteiger partial charge >= 0.3 is 0 Å². The van der Waals surface area contributed by atoms with Crippen molar-refractivity contribution < 1.29 is 13.3 Å². The fourth-order valence-corrected chi connectivity index (χ4v) is 2.84. The maximum absolute atomic E-state index is 12.0. The van der Waals surface area contributed by atoms with E-state index in [-0.39, 0.29) is 4.90 Å². The first-order valence-corrected chi connectivity index (χ1v) is 7.97. The van der Waals surface area contributed by atoms with Crippen molar-refractivity contribution in [3.05, 3.63) is 29.3 Å². The number of nitrogens with one attached hydrogen (secondary N) is 2. The smallest absolute Gasteiger partial charge is 0.276 e. The molecule has 0 unspecified atom stereocenters. The number of hydrogen-bond donors (Lipinski definition) is 2. The van der Waals surface area contributed by atoms with Crippen LogP contribution in [0, 0.1) is 0 Å². The van der Waals surface area contributed by atoms with E-state index in [9.17, 15) is 8.42 Å². The van der Waals surface area contributed by atoms with Gasteiger partial charge in [0, 0.05) is 17.9 Å². The second kappa shape index (κ2) is 5.90. The maximum atomic E-state index is 12.0. The van der Waals surface area contributed by atoms with Gasteiger partial charge in [-0.25, -0.2) is 4.83 Å². The minimum absolute atomic E-state index is 0.166. The zero-order chi connectivity index (χ0) is 13.9. The van der Waals surface area contributed by atoms with Gasteiger partial charge in [0.25, 0.3) is 10.0 Å². The highest BCUT2D eigenvalue weighted by Gasteiger charge is 2.17. The van der Waals surface area contributed by atoms with Gasteiger partial charge in [-0.1, -0.05) is 11.6 Å². The lowest BCUT2D eigenvalue weighted by Gasteiger charge is -2.20. The first kappa shape index (κ1) is 14.3. The lowest BCUT2D eigenvalue weighted by molar-refractivity contribution is -0.880. The summed E-state index contributed by atoms with van der Waals surface area (Å²) < 4.78 is 24.0. The first-order chi connectivity index (χ1) is 8.97. The van der Waals surface area contributed by atoms with Crippen molar-refractivity contribution >= 4 is 27.3 Å². The zero-order valence-electron chi connectivity index (χ0n) is 10.7. The molecule has 0 aliphatic carbocycles. The van der Waals surface area contributed by atoms with Gasteiger partial charge in [-0.15, -0.1) is 0 Å². The Morgan fingerprint density at radius 1 is 1.21 bits per heavy atom. The molecule has 1 fully saturated rings. The summed E-state index contributed by atoms with van der Waals surface area (Å²) >= 11 is 5.73. The van der Waals surface area contributed by atoms with E-state index in [4.69, 9.17) is 11.6 Å². The molecular formula is C12H17ClN3O2S+. The standard InChI is InChI=1S/C12H16ClN3O2S/c1-16-8-6-11(7-9-16)14-15-19(17,18)12-4-2-10(13)3-5-12/h2-5,15H,6-9H2,1H3/p+1. The van der Waals surface area contributed by atoms with Crippen LogP contribution < -0.4 is 9.73 Å². The van der Waals surface area contributed by atoms with Crippen molar-refractivity contribution in [1.29, 1.82) is 0 Å². The lowest BCUT2D eigenvalue weighted by Crippen LogP contribution is -3.10. The summed E-state index contributed by atoms with van der Waals surface area (Å²) in [6.07, 6.45) is 1.66. The van der Waals surface area contributed by atoms with Crippen LogP contribution in [-0.4, -0.2) is 34.3 Å². The molecule has 7 heteroatoms. The molecule has 2 rings (SSSR count). The van der Waals surface area contributed by atoms with Gasteiger partial charge in [0.1, 0.15) is 0 Å². The van der Waals surface area contributed by atoms with Gasteiger partial charge in [0.05, 0.1) is 30.7 Å². The second-order valence-electron chi connectivity index (χ2n) is 4.68. The highest BCUT2D eigenvalue weighted by atomic mass is 35.5. The third kappa shape index (κ3) is 3.92. The molecule has 0 atom stereocenters. The van der Waals surface area contributed by atoms with E-state index >= 15 is 0 Å². The van der Waals surface area contributed by atoms with Crippen molar-refractivity contribution in [2.24, 2.45) is 5.10 Å². The highest BCUT2D eigenvalue weighted by Crippen LogP contribution is 2.13. The predicted octanol–water partition coefficient (Wildman–Crippen LogP) is 0.283. The molecule has 1 aromatic carbocycles. The summed E-state index contributed by atoms with van der Waals surface area (Å²) in [5.41, 5.74) is 0.906. The first-order valence-electron chi connectivity index (χ1n) is 6.11. The number of benzene rings is 1. The minimum atomic E-state index is -3.59. The molecule has 0 saturated carbocycles. The van der Waals surface area contributed by atoms with Crippen LogP contribution in [0.5, 0.6) is 0 Å². The monoisotopic (exact) mass is 302 g/mol. The van der Waals surface area contributed by atoms with Crippen molar-refractivity contribution in [3.8, 4) is 0 Å². The quantitative estimate of drug-likeness (QED) is 0.788. The Balaban J connectivity index is 2.05. The Labute approximate surface area is 118 Å². The molecule has 1 aromatic rings. The molecule has 19 heavy (non-hydrogen) atoms. The SMILES string of the molecule is C[NH+]1CCC(=NNS(=O)(=O)c2ccc(Cl)cc2)CC1. The number of quaternary nitrogens is 1. The van der Waals surface area contributed by atoms with Crippen molar-refractivity contribution in [1.82, 2.24) is 4.83 Å². The Bertz CT molecular complexity index is 559. The Morgan fingerprint density at radius 2 is 1.79 bits per heavy atom. The van der Waals surface area contributed by atoms with Gasteiger partial charge in [-0.2, -0.15) is 13.5 Å². The topological polar surface area (TPSA) is 63.0 Å². The zero-order valence-corrected chi connectivity index (χ0v) is 12.3. The normalized spacial score (nSPS) is 20.1. The summed E-state index contributed by atoms with van der Waals surface area (Å²) in [7, 11) is -1.47. The van der Waals surface area contributed by atoms with Crippen LogP contribution in [0.4, 0.5) is 0 Å². The van der Waals surface area contributed by atoms with E-state index in [1.807, 2.05) is 0 Å². The third-order valence-electron chi connectivity index (χ3n) is 3.13. The molecule has 0 aromatic heterocycles. The number of nitrogens with zero attached hydrogens (tertiary/aromatic N) is 1. The number of sulfonamides is 1. The Morgan fingerprint density at radius 3 is 2.37 bits per heavy atom. The Kier molecular flexibility index (Phi) is 4.44. The number of hydrazone groups is 1.